The normalized spacial score (nSPS) is 14.3. The lowest BCUT2D eigenvalue weighted by Gasteiger charge is -2.06. The molecule has 23 heavy (non-hydrogen) atoms. The van der Waals surface area contributed by atoms with Crippen LogP contribution in [0.25, 0.3) is 5.69 Å². The number of nitrogens with zero attached hydrogens (tertiary/aromatic N) is 6. The van der Waals surface area contributed by atoms with E-state index in [2.05, 4.69) is 20.4 Å². The molecule has 7 nitrogen and oxygen atoms in total. The fourth-order valence-corrected chi connectivity index (χ4v) is 3.30. The number of benzene rings is 1. The Labute approximate surface area is 137 Å². The zero-order valence-corrected chi connectivity index (χ0v) is 13.2. The lowest BCUT2D eigenvalue weighted by Crippen LogP contribution is -2.03. The molecule has 1 fully saturated rings. The van der Waals surface area contributed by atoms with Gasteiger partial charge in [0.25, 0.3) is 0 Å². The fourth-order valence-electron chi connectivity index (χ4n) is 2.40. The summed E-state index contributed by atoms with van der Waals surface area (Å²) in [5.41, 5.74) is 1.82. The van der Waals surface area contributed by atoms with Crippen molar-refractivity contribution in [2.75, 3.05) is 0 Å². The van der Waals surface area contributed by atoms with E-state index in [1.807, 2.05) is 34.9 Å². The van der Waals surface area contributed by atoms with Gasteiger partial charge < -0.3 is 9.67 Å². The number of aliphatic hydroxyl groups excluding tert-OH is 1. The van der Waals surface area contributed by atoms with Gasteiger partial charge in [0.2, 0.25) is 0 Å². The predicted molar refractivity (Wildman–Crippen MR) is 85.1 cm³/mol. The SMILES string of the molecule is OCc1nnc(SCc2cnn(-c3ccccc3)n2)n1C1CC1. The summed E-state index contributed by atoms with van der Waals surface area (Å²) in [5, 5.41) is 27.2. The van der Waals surface area contributed by atoms with Crippen LogP contribution in [0.1, 0.15) is 30.4 Å². The van der Waals surface area contributed by atoms with Gasteiger partial charge in [0, 0.05) is 11.8 Å². The highest BCUT2D eigenvalue weighted by molar-refractivity contribution is 7.98. The molecule has 1 aliphatic carbocycles. The van der Waals surface area contributed by atoms with E-state index >= 15 is 0 Å². The van der Waals surface area contributed by atoms with Crippen LogP contribution in [0.3, 0.4) is 0 Å². The molecule has 1 N–H and O–H groups in total. The smallest absolute Gasteiger partial charge is 0.191 e. The minimum Gasteiger partial charge on any atom is -0.388 e. The Hall–Kier alpha value is -2.19. The highest BCUT2D eigenvalue weighted by Gasteiger charge is 2.29. The second-order valence-electron chi connectivity index (χ2n) is 5.41. The second kappa shape index (κ2) is 6.13. The van der Waals surface area contributed by atoms with Crippen molar-refractivity contribution >= 4 is 11.8 Å². The standard InChI is InChI=1S/C15H16N6OS/c22-9-14-17-18-15(20(14)12-6-7-12)23-10-11-8-16-21(19-11)13-4-2-1-3-5-13/h1-5,8,12,22H,6-7,9-10H2. The molecule has 0 saturated heterocycles. The van der Waals surface area contributed by atoms with Gasteiger partial charge in [-0.25, -0.2) is 0 Å². The third-order valence-electron chi connectivity index (χ3n) is 3.66. The molecule has 4 rings (SSSR count). The molecule has 3 aromatic rings. The summed E-state index contributed by atoms with van der Waals surface area (Å²) in [5.74, 6) is 1.31. The van der Waals surface area contributed by atoms with Crippen LogP contribution >= 0.6 is 11.8 Å². The van der Waals surface area contributed by atoms with E-state index in [0.717, 1.165) is 29.4 Å². The van der Waals surface area contributed by atoms with Gasteiger partial charge in [-0.2, -0.15) is 15.0 Å². The minimum atomic E-state index is -0.0751. The minimum absolute atomic E-state index is 0.0751. The van der Waals surface area contributed by atoms with Crippen molar-refractivity contribution in [3.8, 4) is 5.69 Å². The average Bonchev–Trinajstić information content (AvgIpc) is 3.18. The van der Waals surface area contributed by atoms with Crippen molar-refractivity contribution in [2.24, 2.45) is 0 Å². The van der Waals surface area contributed by atoms with Crippen LogP contribution in [0.4, 0.5) is 0 Å². The molecule has 0 unspecified atom stereocenters. The number of rotatable bonds is 6. The van der Waals surface area contributed by atoms with Crippen LogP contribution < -0.4 is 0 Å². The highest BCUT2D eigenvalue weighted by atomic mass is 32.2. The number of aromatic nitrogens is 6. The van der Waals surface area contributed by atoms with Gasteiger partial charge in [-0.05, 0) is 25.0 Å². The quantitative estimate of drug-likeness (QED) is 0.697. The summed E-state index contributed by atoms with van der Waals surface area (Å²) < 4.78 is 2.05. The number of thioether (sulfide) groups is 1. The number of hydrogen-bond donors (Lipinski definition) is 1. The van der Waals surface area contributed by atoms with E-state index in [1.54, 1.807) is 22.8 Å². The Balaban J connectivity index is 1.48. The van der Waals surface area contributed by atoms with Gasteiger partial charge in [0.05, 0.1) is 17.6 Å². The molecule has 2 heterocycles. The number of para-hydroxylation sites is 1. The Morgan fingerprint density at radius 2 is 2.00 bits per heavy atom. The molecular formula is C15H16N6OS. The van der Waals surface area contributed by atoms with Gasteiger partial charge in [-0.3, -0.25) is 0 Å². The molecule has 118 valence electrons. The summed E-state index contributed by atoms with van der Waals surface area (Å²) in [6, 6.07) is 10.3. The third kappa shape index (κ3) is 2.99. The molecule has 1 aromatic carbocycles. The van der Waals surface area contributed by atoms with E-state index in [1.165, 1.54) is 0 Å². The van der Waals surface area contributed by atoms with Crippen LogP contribution in [-0.4, -0.2) is 34.9 Å². The summed E-state index contributed by atoms with van der Waals surface area (Å²) in [7, 11) is 0. The third-order valence-corrected chi connectivity index (χ3v) is 4.64. The molecule has 0 radical (unpaired) electrons. The zero-order valence-electron chi connectivity index (χ0n) is 12.4. The summed E-state index contributed by atoms with van der Waals surface area (Å²) in [6.45, 7) is -0.0751. The largest absolute Gasteiger partial charge is 0.388 e. The summed E-state index contributed by atoms with van der Waals surface area (Å²) >= 11 is 1.58. The molecular weight excluding hydrogens is 312 g/mol. The molecule has 0 aliphatic heterocycles. The average molecular weight is 328 g/mol. The molecule has 0 amide bonds. The van der Waals surface area contributed by atoms with Crippen molar-refractivity contribution in [1.82, 2.24) is 29.8 Å². The molecule has 0 bridgehead atoms. The molecule has 0 spiro atoms. The summed E-state index contributed by atoms with van der Waals surface area (Å²) in [6.07, 6.45) is 4.02. The Bertz CT molecular complexity index is 795. The van der Waals surface area contributed by atoms with Crippen molar-refractivity contribution < 1.29 is 5.11 Å². The van der Waals surface area contributed by atoms with E-state index in [9.17, 15) is 5.11 Å². The summed E-state index contributed by atoms with van der Waals surface area (Å²) in [4.78, 5) is 1.63. The molecule has 8 heteroatoms. The predicted octanol–water partition coefficient (Wildman–Crippen LogP) is 1.98. The van der Waals surface area contributed by atoms with Crippen LogP contribution in [0.5, 0.6) is 0 Å². The lowest BCUT2D eigenvalue weighted by molar-refractivity contribution is 0.263. The van der Waals surface area contributed by atoms with Crippen LogP contribution in [0.2, 0.25) is 0 Å². The van der Waals surface area contributed by atoms with Crippen LogP contribution in [0.15, 0.2) is 41.7 Å². The van der Waals surface area contributed by atoms with Crippen molar-refractivity contribution in [3.05, 3.63) is 48.0 Å². The Morgan fingerprint density at radius 1 is 1.17 bits per heavy atom. The maximum absolute atomic E-state index is 9.36. The number of hydrogen-bond acceptors (Lipinski definition) is 6. The van der Waals surface area contributed by atoms with Gasteiger partial charge in [0.1, 0.15) is 6.61 Å². The first-order valence-electron chi connectivity index (χ1n) is 7.49. The van der Waals surface area contributed by atoms with Crippen LogP contribution in [0, 0.1) is 0 Å². The monoisotopic (exact) mass is 328 g/mol. The maximum atomic E-state index is 9.36. The first-order chi connectivity index (χ1) is 11.3. The van der Waals surface area contributed by atoms with Crippen molar-refractivity contribution in [3.63, 3.8) is 0 Å². The van der Waals surface area contributed by atoms with Gasteiger partial charge >= 0.3 is 0 Å². The molecule has 1 aliphatic rings. The Morgan fingerprint density at radius 3 is 2.74 bits per heavy atom. The molecule has 0 atom stereocenters. The fraction of sp³-hybridized carbons (Fsp3) is 0.333. The van der Waals surface area contributed by atoms with E-state index < -0.39 is 0 Å². The molecule has 1 saturated carbocycles. The highest BCUT2D eigenvalue weighted by Crippen LogP contribution is 2.39. The Kier molecular flexibility index (Phi) is 3.84. The van der Waals surface area contributed by atoms with E-state index in [-0.39, 0.29) is 6.61 Å². The first-order valence-corrected chi connectivity index (χ1v) is 8.48. The van der Waals surface area contributed by atoms with Crippen molar-refractivity contribution in [2.45, 2.75) is 36.4 Å². The lowest BCUT2D eigenvalue weighted by atomic mass is 10.3. The zero-order chi connectivity index (χ0) is 15.6. The number of aliphatic hydroxyl groups is 1. The van der Waals surface area contributed by atoms with Crippen molar-refractivity contribution in [1.29, 1.82) is 0 Å². The maximum Gasteiger partial charge on any atom is 0.191 e. The van der Waals surface area contributed by atoms with Gasteiger partial charge in [0.15, 0.2) is 11.0 Å². The molecule has 2 aromatic heterocycles. The first kappa shape index (κ1) is 14.4. The van der Waals surface area contributed by atoms with E-state index in [4.69, 9.17) is 0 Å². The van der Waals surface area contributed by atoms with E-state index in [0.29, 0.717) is 17.6 Å². The van der Waals surface area contributed by atoms with Gasteiger partial charge in [-0.15, -0.1) is 10.2 Å². The topological polar surface area (TPSA) is 81.7 Å². The second-order valence-corrected chi connectivity index (χ2v) is 6.35. The van der Waals surface area contributed by atoms with Gasteiger partial charge in [-0.1, -0.05) is 30.0 Å². The van der Waals surface area contributed by atoms with Crippen LogP contribution in [-0.2, 0) is 12.4 Å².